The molecule has 0 radical (unpaired) electrons. The lowest BCUT2D eigenvalue weighted by Gasteiger charge is -2.37. The first-order chi connectivity index (χ1) is 15.1. The second-order valence-corrected chi connectivity index (χ2v) is 9.61. The van der Waals surface area contributed by atoms with E-state index in [1.54, 1.807) is 18.4 Å². The predicted molar refractivity (Wildman–Crippen MR) is 118 cm³/mol. The van der Waals surface area contributed by atoms with Crippen LogP contribution in [0, 0.1) is 5.92 Å². The summed E-state index contributed by atoms with van der Waals surface area (Å²) in [5.74, 6) is 1.80. The van der Waals surface area contributed by atoms with Gasteiger partial charge in [-0.15, -0.1) is 11.3 Å². The van der Waals surface area contributed by atoms with E-state index in [1.807, 2.05) is 34.1 Å². The van der Waals surface area contributed by atoms with Crippen LogP contribution in [0.1, 0.15) is 42.2 Å². The van der Waals surface area contributed by atoms with Gasteiger partial charge in [-0.3, -0.25) is 9.59 Å². The molecule has 6 nitrogen and oxygen atoms in total. The second kappa shape index (κ2) is 8.54. The van der Waals surface area contributed by atoms with Gasteiger partial charge in [0.2, 0.25) is 11.8 Å². The zero-order valence-corrected chi connectivity index (χ0v) is 18.6. The molecule has 7 heteroatoms. The molecule has 164 valence electrons. The predicted octanol–water partition coefficient (Wildman–Crippen LogP) is 3.66. The Morgan fingerprint density at radius 2 is 1.97 bits per heavy atom. The highest BCUT2D eigenvalue weighted by atomic mass is 32.1. The Morgan fingerprint density at radius 1 is 1.16 bits per heavy atom. The van der Waals surface area contributed by atoms with Crippen molar-refractivity contribution in [1.82, 2.24) is 9.80 Å². The zero-order chi connectivity index (χ0) is 21.4. The summed E-state index contributed by atoms with van der Waals surface area (Å²) in [5, 5.41) is 2.09. The quantitative estimate of drug-likeness (QED) is 0.629. The van der Waals surface area contributed by atoms with Gasteiger partial charge in [0.1, 0.15) is 24.7 Å². The highest BCUT2D eigenvalue weighted by Gasteiger charge is 2.42. The molecule has 0 saturated heterocycles. The smallest absolute Gasteiger partial charge is 0.242 e. The average Bonchev–Trinajstić information content (AvgIpc) is 3.72. The molecule has 0 bridgehead atoms. The lowest BCUT2D eigenvalue weighted by Crippen LogP contribution is -2.48. The van der Waals surface area contributed by atoms with Crippen molar-refractivity contribution in [3.63, 3.8) is 0 Å². The number of carbonyl (C=O) groups excluding carboxylic acids is 2. The van der Waals surface area contributed by atoms with E-state index in [0.717, 1.165) is 43.6 Å². The summed E-state index contributed by atoms with van der Waals surface area (Å²) in [6.45, 7) is 1.23. The Hall–Kier alpha value is -2.54. The van der Waals surface area contributed by atoms with Crippen molar-refractivity contribution in [1.29, 1.82) is 0 Å². The normalized spacial score (nSPS) is 20.2. The van der Waals surface area contributed by atoms with Gasteiger partial charge in [0, 0.05) is 29.4 Å². The highest BCUT2D eigenvalue weighted by Crippen LogP contribution is 2.37. The van der Waals surface area contributed by atoms with Crippen LogP contribution < -0.4 is 9.47 Å². The minimum Gasteiger partial charge on any atom is -0.497 e. The lowest BCUT2D eigenvalue weighted by molar-refractivity contribution is -0.143. The summed E-state index contributed by atoms with van der Waals surface area (Å²) in [6, 6.07) is 9.74. The summed E-state index contributed by atoms with van der Waals surface area (Å²) in [5.41, 5.74) is 1.17. The fourth-order valence-electron chi connectivity index (χ4n) is 4.32. The van der Waals surface area contributed by atoms with Gasteiger partial charge in [-0.25, -0.2) is 0 Å². The molecule has 0 N–H and O–H groups in total. The third-order valence-corrected chi connectivity index (χ3v) is 7.36. The minimum atomic E-state index is -0.147. The van der Waals surface area contributed by atoms with Crippen molar-refractivity contribution in [2.75, 3.05) is 26.8 Å². The van der Waals surface area contributed by atoms with Gasteiger partial charge < -0.3 is 19.3 Å². The SMILES string of the molecule is COc1cccc(OCC2c3ccsc3CCN2C(=O)CN(C(=O)C2CC2)C2CC2)c1. The fourth-order valence-corrected chi connectivity index (χ4v) is 5.24. The van der Waals surface area contributed by atoms with Crippen LogP contribution in [-0.4, -0.2) is 54.5 Å². The van der Waals surface area contributed by atoms with Crippen LogP contribution >= 0.6 is 11.3 Å². The van der Waals surface area contributed by atoms with E-state index in [2.05, 4.69) is 11.4 Å². The van der Waals surface area contributed by atoms with E-state index in [0.29, 0.717) is 13.2 Å². The number of benzene rings is 1. The lowest BCUT2D eigenvalue weighted by atomic mass is 10.0. The molecule has 2 saturated carbocycles. The third-order valence-electron chi connectivity index (χ3n) is 6.37. The number of rotatable bonds is 8. The maximum absolute atomic E-state index is 13.4. The second-order valence-electron chi connectivity index (χ2n) is 8.61. The number of fused-ring (bicyclic) bond motifs is 1. The molecule has 1 atom stereocenters. The summed E-state index contributed by atoms with van der Waals surface area (Å²) in [4.78, 5) is 31.2. The van der Waals surface area contributed by atoms with Gasteiger partial charge in [-0.2, -0.15) is 0 Å². The van der Waals surface area contributed by atoms with Crippen LogP contribution in [0.15, 0.2) is 35.7 Å². The third kappa shape index (κ3) is 4.42. The number of amides is 2. The average molecular weight is 441 g/mol. The van der Waals surface area contributed by atoms with Crippen molar-refractivity contribution in [3.05, 3.63) is 46.2 Å². The van der Waals surface area contributed by atoms with Crippen molar-refractivity contribution < 1.29 is 19.1 Å². The Labute approximate surface area is 186 Å². The van der Waals surface area contributed by atoms with Crippen LogP contribution in [0.5, 0.6) is 11.5 Å². The molecule has 2 heterocycles. The minimum absolute atomic E-state index is 0.0250. The highest BCUT2D eigenvalue weighted by molar-refractivity contribution is 7.10. The molecule has 2 aliphatic carbocycles. The number of nitrogens with zero attached hydrogens (tertiary/aromatic N) is 2. The molecule has 5 rings (SSSR count). The monoisotopic (exact) mass is 440 g/mol. The number of methoxy groups -OCH3 is 1. The number of hydrogen-bond acceptors (Lipinski definition) is 5. The molecule has 0 spiro atoms. The molecule has 1 aliphatic heterocycles. The molecule has 1 aromatic carbocycles. The standard InChI is InChI=1S/C24H28N2O4S/c1-29-18-3-2-4-19(13-18)30-15-21-20-10-12-31-22(20)9-11-25(21)23(27)14-26(17-7-8-17)24(28)16-5-6-16/h2-4,10,12-13,16-17,21H,5-9,11,14-15H2,1H3. The van der Waals surface area contributed by atoms with Crippen LogP contribution in [0.3, 0.4) is 0 Å². The fraction of sp³-hybridized carbons (Fsp3) is 0.500. The van der Waals surface area contributed by atoms with Crippen molar-refractivity contribution in [2.24, 2.45) is 5.92 Å². The molecule has 2 aromatic rings. The number of hydrogen-bond donors (Lipinski definition) is 0. The van der Waals surface area contributed by atoms with Gasteiger partial charge in [-0.1, -0.05) is 6.07 Å². The number of thiophene rings is 1. The molecular formula is C24H28N2O4S. The number of carbonyl (C=O) groups is 2. The van der Waals surface area contributed by atoms with E-state index in [1.165, 1.54) is 10.4 Å². The maximum atomic E-state index is 13.4. The van der Waals surface area contributed by atoms with Crippen LogP contribution in [0.4, 0.5) is 0 Å². The zero-order valence-electron chi connectivity index (χ0n) is 17.8. The van der Waals surface area contributed by atoms with E-state index >= 15 is 0 Å². The van der Waals surface area contributed by atoms with Gasteiger partial charge in [0.15, 0.2) is 0 Å². The number of ether oxygens (including phenoxy) is 2. The van der Waals surface area contributed by atoms with E-state index in [-0.39, 0.29) is 36.4 Å². The first kappa shape index (κ1) is 20.4. The van der Waals surface area contributed by atoms with Crippen molar-refractivity contribution >= 4 is 23.2 Å². The van der Waals surface area contributed by atoms with E-state index in [4.69, 9.17) is 9.47 Å². The Balaban J connectivity index is 1.32. The summed E-state index contributed by atoms with van der Waals surface area (Å²) in [7, 11) is 1.63. The Kier molecular flexibility index (Phi) is 5.61. The summed E-state index contributed by atoms with van der Waals surface area (Å²) >= 11 is 1.74. The van der Waals surface area contributed by atoms with Gasteiger partial charge in [0.25, 0.3) is 0 Å². The van der Waals surface area contributed by atoms with Gasteiger partial charge in [-0.05, 0) is 61.2 Å². The molecule has 2 fully saturated rings. The first-order valence-electron chi connectivity index (χ1n) is 11.1. The first-order valence-corrected chi connectivity index (χ1v) is 11.9. The van der Waals surface area contributed by atoms with Crippen LogP contribution in [0.2, 0.25) is 0 Å². The van der Waals surface area contributed by atoms with Gasteiger partial charge in [0.05, 0.1) is 13.2 Å². The van der Waals surface area contributed by atoms with Crippen molar-refractivity contribution in [2.45, 2.75) is 44.2 Å². The van der Waals surface area contributed by atoms with E-state index < -0.39 is 0 Å². The van der Waals surface area contributed by atoms with Gasteiger partial charge >= 0.3 is 0 Å². The van der Waals surface area contributed by atoms with E-state index in [9.17, 15) is 9.59 Å². The van der Waals surface area contributed by atoms with Crippen LogP contribution in [-0.2, 0) is 16.0 Å². The Morgan fingerprint density at radius 3 is 2.71 bits per heavy atom. The topological polar surface area (TPSA) is 59.1 Å². The molecule has 1 aromatic heterocycles. The Bertz CT molecular complexity index is 966. The molecule has 31 heavy (non-hydrogen) atoms. The summed E-state index contributed by atoms with van der Waals surface area (Å²) in [6.07, 6.45) is 4.82. The maximum Gasteiger partial charge on any atom is 0.242 e. The van der Waals surface area contributed by atoms with Crippen LogP contribution in [0.25, 0.3) is 0 Å². The summed E-state index contributed by atoms with van der Waals surface area (Å²) < 4.78 is 11.4. The van der Waals surface area contributed by atoms with Crippen molar-refractivity contribution in [3.8, 4) is 11.5 Å². The molecule has 2 amide bonds. The molecule has 1 unspecified atom stereocenters. The largest absolute Gasteiger partial charge is 0.497 e. The molecule has 3 aliphatic rings. The molecular weight excluding hydrogens is 412 g/mol.